The van der Waals surface area contributed by atoms with Crippen LogP contribution in [0.5, 0.6) is 0 Å². The number of ketones is 1. The Morgan fingerprint density at radius 2 is 2.31 bits per heavy atom. The van der Waals surface area contributed by atoms with Crippen molar-refractivity contribution in [1.29, 1.82) is 0 Å². The second-order valence-corrected chi connectivity index (χ2v) is 5.81. The highest BCUT2D eigenvalue weighted by atomic mass is 32.2. The first-order chi connectivity index (χ1) is 6.33. The zero-order valence-electron chi connectivity index (χ0n) is 7.74. The summed E-state index contributed by atoms with van der Waals surface area (Å²) in [4.78, 5) is 13.8. The van der Waals surface area contributed by atoms with Crippen LogP contribution in [0.1, 0.15) is 25.7 Å². The molecule has 72 valence electrons. The Kier molecular flexibility index (Phi) is 1.91. The Morgan fingerprint density at radius 1 is 1.38 bits per heavy atom. The molecule has 3 fully saturated rings. The number of fused-ring (bicyclic) bond motifs is 2. The van der Waals surface area contributed by atoms with Crippen LogP contribution in [-0.4, -0.2) is 40.3 Å². The van der Waals surface area contributed by atoms with Gasteiger partial charge >= 0.3 is 0 Å². The largest absolute Gasteiger partial charge is 0.300 e. The number of hydrogen-bond acceptors (Lipinski definition) is 3. The molecule has 0 spiro atoms. The predicted molar refractivity (Wildman–Crippen MR) is 54.0 cm³/mol. The Labute approximate surface area is 83.1 Å². The van der Waals surface area contributed by atoms with Gasteiger partial charge in [0.15, 0.2) is 0 Å². The highest BCUT2D eigenvalue weighted by molar-refractivity contribution is 8.00. The van der Waals surface area contributed by atoms with E-state index in [9.17, 15) is 4.79 Å². The smallest absolute Gasteiger partial charge is 0.134 e. The number of likely N-dealkylation sites (tertiary alicyclic amines) is 1. The van der Waals surface area contributed by atoms with E-state index in [1.165, 1.54) is 18.7 Å². The molecular formula is C10H15NOS. The average Bonchev–Trinajstić information content (AvgIpc) is 2.77. The van der Waals surface area contributed by atoms with Gasteiger partial charge in [0, 0.05) is 42.5 Å². The molecule has 3 atom stereocenters. The van der Waals surface area contributed by atoms with Crippen LogP contribution < -0.4 is 0 Å². The molecule has 3 aliphatic rings. The van der Waals surface area contributed by atoms with E-state index >= 15 is 0 Å². The van der Waals surface area contributed by atoms with Crippen LogP contribution in [0.4, 0.5) is 0 Å². The number of nitrogens with zero attached hydrogens (tertiary/aromatic N) is 1. The molecule has 0 N–H and O–H groups in total. The molecule has 3 unspecified atom stereocenters. The van der Waals surface area contributed by atoms with E-state index in [0.717, 1.165) is 30.6 Å². The summed E-state index contributed by atoms with van der Waals surface area (Å²) in [6.07, 6.45) is 4.20. The minimum Gasteiger partial charge on any atom is -0.300 e. The molecule has 0 aromatic rings. The van der Waals surface area contributed by atoms with Crippen molar-refractivity contribution in [3.63, 3.8) is 0 Å². The van der Waals surface area contributed by atoms with Gasteiger partial charge in [0.2, 0.25) is 0 Å². The first-order valence-electron chi connectivity index (χ1n) is 5.22. The molecule has 0 radical (unpaired) electrons. The summed E-state index contributed by atoms with van der Waals surface area (Å²) in [6.45, 7) is 1.26. The van der Waals surface area contributed by atoms with Crippen molar-refractivity contribution in [3.8, 4) is 0 Å². The van der Waals surface area contributed by atoms with Crippen LogP contribution in [0.15, 0.2) is 0 Å². The lowest BCUT2D eigenvalue weighted by Crippen LogP contribution is -2.41. The molecule has 1 aliphatic carbocycles. The van der Waals surface area contributed by atoms with Crippen LogP contribution in [0.3, 0.4) is 0 Å². The fourth-order valence-electron chi connectivity index (χ4n) is 2.95. The summed E-state index contributed by atoms with van der Waals surface area (Å²) >= 11 is 2.13. The molecule has 3 heteroatoms. The maximum absolute atomic E-state index is 11.2. The summed E-state index contributed by atoms with van der Waals surface area (Å²) in [5.74, 6) is 1.80. The van der Waals surface area contributed by atoms with Crippen LogP contribution in [0.2, 0.25) is 0 Å². The van der Waals surface area contributed by atoms with Crippen LogP contribution >= 0.6 is 11.8 Å². The highest BCUT2D eigenvalue weighted by Crippen LogP contribution is 2.40. The minimum atomic E-state index is 0.487. The summed E-state index contributed by atoms with van der Waals surface area (Å²) in [5, 5.41) is 0.890. The monoisotopic (exact) mass is 197 g/mol. The summed E-state index contributed by atoms with van der Waals surface area (Å²) in [7, 11) is 0. The lowest BCUT2D eigenvalue weighted by atomic mass is 10.2. The van der Waals surface area contributed by atoms with Crippen molar-refractivity contribution in [2.24, 2.45) is 0 Å². The fourth-order valence-corrected chi connectivity index (χ4v) is 4.41. The number of thioether (sulfide) groups is 1. The number of hydrogen-bond donors (Lipinski definition) is 0. The molecule has 1 saturated carbocycles. The van der Waals surface area contributed by atoms with E-state index in [1.54, 1.807) is 0 Å². The molecule has 2 heterocycles. The van der Waals surface area contributed by atoms with Gasteiger partial charge in [0.05, 0.1) is 0 Å². The van der Waals surface area contributed by atoms with Gasteiger partial charge in [-0.25, -0.2) is 0 Å². The third-order valence-corrected chi connectivity index (χ3v) is 5.02. The number of Topliss-reactive ketones (excluding diaryl/α,β-unsaturated/α-hetero) is 1. The lowest BCUT2D eigenvalue weighted by molar-refractivity contribution is -0.117. The molecule has 0 aromatic heterocycles. The van der Waals surface area contributed by atoms with E-state index < -0.39 is 0 Å². The molecule has 3 rings (SSSR count). The van der Waals surface area contributed by atoms with E-state index in [-0.39, 0.29) is 0 Å². The maximum Gasteiger partial charge on any atom is 0.134 e. The SMILES string of the molecule is O=C1CCC(N2CC3CC2CS3)C1. The van der Waals surface area contributed by atoms with Crippen molar-refractivity contribution in [2.45, 2.75) is 43.0 Å². The first kappa shape index (κ1) is 8.30. The van der Waals surface area contributed by atoms with Gasteiger partial charge in [-0.1, -0.05) is 0 Å². The molecule has 2 bridgehead atoms. The van der Waals surface area contributed by atoms with Gasteiger partial charge in [-0.2, -0.15) is 11.8 Å². The second-order valence-electron chi connectivity index (χ2n) is 4.48. The predicted octanol–water partition coefficient (Wildman–Crippen LogP) is 1.30. The van der Waals surface area contributed by atoms with Gasteiger partial charge in [0.1, 0.15) is 5.78 Å². The Balaban J connectivity index is 1.69. The topological polar surface area (TPSA) is 20.3 Å². The van der Waals surface area contributed by atoms with Crippen molar-refractivity contribution >= 4 is 17.5 Å². The van der Waals surface area contributed by atoms with Gasteiger partial charge in [-0.15, -0.1) is 0 Å². The van der Waals surface area contributed by atoms with E-state index in [2.05, 4.69) is 16.7 Å². The Morgan fingerprint density at radius 3 is 2.85 bits per heavy atom. The van der Waals surface area contributed by atoms with Crippen LogP contribution in [0.25, 0.3) is 0 Å². The minimum absolute atomic E-state index is 0.487. The average molecular weight is 197 g/mol. The summed E-state index contributed by atoms with van der Waals surface area (Å²) < 4.78 is 0. The molecule has 2 nitrogen and oxygen atoms in total. The third-order valence-electron chi connectivity index (χ3n) is 3.63. The maximum atomic E-state index is 11.2. The fraction of sp³-hybridized carbons (Fsp3) is 0.900. The van der Waals surface area contributed by atoms with Crippen LogP contribution in [-0.2, 0) is 4.79 Å². The van der Waals surface area contributed by atoms with Crippen molar-refractivity contribution in [3.05, 3.63) is 0 Å². The third kappa shape index (κ3) is 1.33. The van der Waals surface area contributed by atoms with E-state index in [0.29, 0.717) is 11.8 Å². The zero-order valence-corrected chi connectivity index (χ0v) is 8.55. The standard InChI is InChI=1S/C10H15NOS/c12-9-2-1-7(3-9)11-5-10-4-8(11)6-13-10/h7-8,10H,1-6H2. The van der Waals surface area contributed by atoms with Gasteiger partial charge in [0.25, 0.3) is 0 Å². The zero-order chi connectivity index (χ0) is 8.84. The number of rotatable bonds is 1. The van der Waals surface area contributed by atoms with Crippen molar-refractivity contribution < 1.29 is 4.79 Å². The molecule has 0 aromatic carbocycles. The second kappa shape index (κ2) is 2.99. The van der Waals surface area contributed by atoms with Gasteiger partial charge < -0.3 is 0 Å². The molecular weight excluding hydrogens is 182 g/mol. The molecule has 2 saturated heterocycles. The Bertz CT molecular complexity index is 243. The summed E-state index contributed by atoms with van der Waals surface area (Å²) in [5.41, 5.74) is 0. The first-order valence-corrected chi connectivity index (χ1v) is 6.27. The van der Waals surface area contributed by atoms with E-state index in [1.807, 2.05) is 0 Å². The Hall–Kier alpha value is -0.0200. The van der Waals surface area contributed by atoms with E-state index in [4.69, 9.17) is 0 Å². The molecule has 2 aliphatic heterocycles. The number of carbonyl (C=O) groups excluding carboxylic acids is 1. The lowest BCUT2D eigenvalue weighted by Gasteiger charge is -2.31. The molecule has 0 amide bonds. The quantitative estimate of drug-likeness (QED) is 0.632. The van der Waals surface area contributed by atoms with Gasteiger partial charge in [-0.05, 0) is 12.8 Å². The highest BCUT2D eigenvalue weighted by Gasteiger charge is 2.43. The number of carbonyl (C=O) groups is 1. The van der Waals surface area contributed by atoms with Crippen molar-refractivity contribution in [2.75, 3.05) is 12.3 Å². The molecule has 13 heavy (non-hydrogen) atoms. The van der Waals surface area contributed by atoms with Crippen LogP contribution in [0, 0.1) is 0 Å². The van der Waals surface area contributed by atoms with Gasteiger partial charge in [-0.3, -0.25) is 9.69 Å². The normalized spacial score (nSPS) is 44.9. The summed E-state index contributed by atoms with van der Waals surface area (Å²) in [6, 6.07) is 1.43. The van der Waals surface area contributed by atoms with Crippen molar-refractivity contribution in [1.82, 2.24) is 4.90 Å².